The molecular formula is C17H18N2O3S. The predicted molar refractivity (Wildman–Crippen MR) is 89.2 cm³/mol. The second kappa shape index (κ2) is 6.82. The summed E-state index contributed by atoms with van der Waals surface area (Å²) in [5, 5.41) is 8.86. The summed E-state index contributed by atoms with van der Waals surface area (Å²) in [4.78, 5) is 2.00. The Kier molecular flexibility index (Phi) is 5.04. The van der Waals surface area contributed by atoms with Gasteiger partial charge in [-0.15, -0.1) is 0 Å². The van der Waals surface area contributed by atoms with E-state index in [4.69, 9.17) is 9.44 Å². The van der Waals surface area contributed by atoms with Crippen LogP contribution in [0.15, 0.2) is 47.4 Å². The molecule has 0 saturated heterocycles. The summed E-state index contributed by atoms with van der Waals surface area (Å²) >= 11 is 0. The SMILES string of the molecule is CCOS(=O)(=O)c1ccc(C)c(N(C)c2ccc(C#N)cc2)c1. The van der Waals surface area contributed by atoms with Gasteiger partial charge in [0.1, 0.15) is 0 Å². The summed E-state index contributed by atoms with van der Waals surface area (Å²) < 4.78 is 29.0. The van der Waals surface area contributed by atoms with Gasteiger partial charge in [0, 0.05) is 18.4 Å². The lowest BCUT2D eigenvalue weighted by Crippen LogP contribution is -2.13. The summed E-state index contributed by atoms with van der Waals surface area (Å²) in [7, 11) is -1.90. The van der Waals surface area contributed by atoms with Gasteiger partial charge in [-0.1, -0.05) is 6.07 Å². The molecule has 0 aliphatic rings. The van der Waals surface area contributed by atoms with E-state index in [-0.39, 0.29) is 11.5 Å². The van der Waals surface area contributed by atoms with E-state index in [2.05, 4.69) is 6.07 Å². The zero-order valence-corrected chi connectivity index (χ0v) is 14.1. The van der Waals surface area contributed by atoms with Crippen molar-refractivity contribution in [2.24, 2.45) is 0 Å². The highest BCUT2D eigenvalue weighted by atomic mass is 32.2. The average molecular weight is 330 g/mol. The topological polar surface area (TPSA) is 70.4 Å². The molecule has 0 saturated carbocycles. The van der Waals surface area contributed by atoms with E-state index in [1.807, 2.05) is 31.0 Å². The zero-order chi connectivity index (χ0) is 17.0. The molecule has 5 nitrogen and oxygen atoms in total. The molecule has 6 heteroatoms. The zero-order valence-electron chi connectivity index (χ0n) is 13.3. The Labute approximate surface area is 136 Å². The second-order valence-electron chi connectivity index (χ2n) is 5.03. The summed E-state index contributed by atoms with van der Waals surface area (Å²) in [6, 6.07) is 14.0. The van der Waals surface area contributed by atoms with Crippen molar-refractivity contribution in [2.45, 2.75) is 18.7 Å². The van der Waals surface area contributed by atoms with Crippen molar-refractivity contribution in [3.63, 3.8) is 0 Å². The molecule has 0 bridgehead atoms. The summed E-state index contributed by atoms with van der Waals surface area (Å²) in [5.41, 5.74) is 3.13. The normalized spacial score (nSPS) is 11.0. The van der Waals surface area contributed by atoms with Gasteiger partial charge in [0.05, 0.1) is 23.1 Å². The lowest BCUT2D eigenvalue weighted by molar-refractivity contribution is 0.338. The lowest BCUT2D eigenvalue weighted by Gasteiger charge is -2.22. The number of benzene rings is 2. The molecule has 0 N–H and O–H groups in total. The Morgan fingerprint density at radius 2 is 1.83 bits per heavy atom. The fourth-order valence-electron chi connectivity index (χ4n) is 2.23. The average Bonchev–Trinajstić information content (AvgIpc) is 2.54. The van der Waals surface area contributed by atoms with Crippen LogP contribution >= 0.6 is 0 Å². The van der Waals surface area contributed by atoms with Crippen LogP contribution in [0.1, 0.15) is 18.1 Å². The van der Waals surface area contributed by atoms with Crippen LogP contribution in [-0.2, 0) is 14.3 Å². The van der Waals surface area contributed by atoms with E-state index in [1.165, 1.54) is 6.07 Å². The van der Waals surface area contributed by atoms with Crippen molar-refractivity contribution in [2.75, 3.05) is 18.6 Å². The first-order valence-corrected chi connectivity index (χ1v) is 8.54. The largest absolute Gasteiger partial charge is 0.344 e. The summed E-state index contributed by atoms with van der Waals surface area (Å²) in [6.07, 6.45) is 0. The van der Waals surface area contributed by atoms with Crippen LogP contribution in [0.3, 0.4) is 0 Å². The van der Waals surface area contributed by atoms with Crippen LogP contribution in [-0.4, -0.2) is 22.1 Å². The lowest BCUT2D eigenvalue weighted by atomic mass is 10.1. The molecule has 2 rings (SSSR count). The van der Waals surface area contributed by atoms with Gasteiger partial charge >= 0.3 is 0 Å². The minimum absolute atomic E-state index is 0.0943. The molecule has 0 fully saturated rings. The number of nitrogens with zero attached hydrogens (tertiary/aromatic N) is 2. The molecule has 0 radical (unpaired) electrons. The summed E-state index contributed by atoms with van der Waals surface area (Å²) in [5.74, 6) is 0. The highest BCUT2D eigenvalue weighted by Crippen LogP contribution is 2.29. The molecule has 23 heavy (non-hydrogen) atoms. The van der Waals surface area contributed by atoms with Gasteiger partial charge in [-0.3, -0.25) is 4.18 Å². The third kappa shape index (κ3) is 3.70. The van der Waals surface area contributed by atoms with Crippen LogP contribution in [0.5, 0.6) is 0 Å². The fourth-order valence-corrected chi connectivity index (χ4v) is 3.16. The standard InChI is InChI=1S/C17H18N2O3S/c1-4-22-23(20,21)16-10-5-13(2)17(11-16)19(3)15-8-6-14(12-18)7-9-15/h5-11H,4H2,1-3H3. The van der Waals surface area contributed by atoms with Crippen LogP contribution in [0.4, 0.5) is 11.4 Å². The third-order valence-corrected chi connectivity index (χ3v) is 4.86. The van der Waals surface area contributed by atoms with Crippen LogP contribution in [0, 0.1) is 18.3 Å². The van der Waals surface area contributed by atoms with Gasteiger partial charge in [0.25, 0.3) is 10.1 Å². The van der Waals surface area contributed by atoms with E-state index in [9.17, 15) is 8.42 Å². The highest BCUT2D eigenvalue weighted by Gasteiger charge is 2.17. The van der Waals surface area contributed by atoms with E-state index in [0.29, 0.717) is 5.56 Å². The molecule has 0 amide bonds. The van der Waals surface area contributed by atoms with E-state index in [0.717, 1.165) is 16.9 Å². The van der Waals surface area contributed by atoms with Gasteiger partial charge in [-0.2, -0.15) is 13.7 Å². The van der Waals surface area contributed by atoms with Crippen molar-refractivity contribution in [1.29, 1.82) is 5.26 Å². The van der Waals surface area contributed by atoms with Crippen molar-refractivity contribution in [3.8, 4) is 6.07 Å². The number of anilines is 2. The van der Waals surface area contributed by atoms with Gasteiger partial charge < -0.3 is 4.90 Å². The fraction of sp³-hybridized carbons (Fsp3) is 0.235. The third-order valence-electron chi connectivity index (χ3n) is 3.49. The molecule has 2 aromatic carbocycles. The smallest absolute Gasteiger partial charge is 0.297 e. The van der Waals surface area contributed by atoms with Gasteiger partial charge in [0.2, 0.25) is 0 Å². The number of hydrogen-bond donors (Lipinski definition) is 0. The van der Waals surface area contributed by atoms with Crippen LogP contribution in [0.25, 0.3) is 0 Å². The van der Waals surface area contributed by atoms with Crippen molar-refractivity contribution < 1.29 is 12.6 Å². The quantitative estimate of drug-likeness (QED) is 0.786. The maximum absolute atomic E-state index is 12.1. The monoisotopic (exact) mass is 330 g/mol. The molecule has 0 heterocycles. The first-order chi connectivity index (χ1) is 10.9. The van der Waals surface area contributed by atoms with Crippen molar-refractivity contribution >= 4 is 21.5 Å². The predicted octanol–water partition coefficient (Wildman–Crippen LogP) is 3.36. The minimum atomic E-state index is -3.75. The molecule has 0 unspecified atom stereocenters. The van der Waals surface area contributed by atoms with E-state index in [1.54, 1.807) is 31.2 Å². The van der Waals surface area contributed by atoms with Crippen LogP contribution in [0.2, 0.25) is 0 Å². The maximum Gasteiger partial charge on any atom is 0.297 e. The van der Waals surface area contributed by atoms with Crippen molar-refractivity contribution in [1.82, 2.24) is 0 Å². The first kappa shape index (κ1) is 17.0. The molecule has 0 atom stereocenters. The number of aryl methyl sites for hydroxylation is 1. The van der Waals surface area contributed by atoms with Crippen LogP contribution < -0.4 is 4.90 Å². The van der Waals surface area contributed by atoms with Gasteiger partial charge in [-0.05, 0) is 55.8 Å². The molecule has 0 aliphatic carbocycles. The maximum atomic E-state index is 12.1. The van der Waals surface area contributed by atoms with E-state index < -0.39 is 10.1 Å². The Bertz CT molecular complexity index is 837. The highest BCUT2D eigenvalue weighted by molar-refractivity contribution is 7.86. The molecule has 120 valence electrons. The molecule has 0 spiro atoms. The van der Waals surface area contributed by atoms with Gasteiger partial charge in [-0.25, -0.2) is 0 Å². The molecular weight excluding hydrogens is 312 g/mol. The second-order valence-corrected chi connectivity index (χ2v) is 6.64. The Morgan fingerprint density at radius 1 is 1.17 bits per heavy atom. The molecule has 0 aromatic heterocycles. The minimum Gasteiger partial charge on any atom is -0.344 e. The summed E-state index contributed by atoms with van der Waals surface area (Å²) in [6.45, 7) is 3.64. The Hall–Kier alpha value is -2.36. The van der Waals surface area contributed by atoms with Gasteiger partial charge in [0.15, 0.2) is 0 Å². The molecule has 2 aromatic rings. The molecule has 0 aliphatic heterocycles. The Balaban J connectivity index is 2.43. The number of nitriles is 1. The first-order valence-electron chi connectivity index (χ1n) is 7.13. The van der Waals surface area contributed by atoms with Crippen molar-refractivity contribution in [3.05, 3.63) is 53.6 Å². The number of rotatable bonds is 5. The number of hydrogen-bond acceptors (Lipinski definition) is 5. The van der Waals surface area contributed by atoms with E-state index >= 15 is 0 Å². The Morgan fingerprint density at radius 3 is 2.39 bits per heavy atom.